The second kappa shape index (κ2) is 6.72. The maximum atomic E-state index is 8.66. The fourth-order valence-corrected chi connectivity index (χ4v) is 3.55. The summed E-state index contributed by atoms with van der Waals surface area (Å²) in [6.45, 7) is 8.62. The molecule has 0 aliphatic carbocycles. The van der Waals surface area contributed by atoms with E-state index in [0.717, 1.165) is 40.6 Å². The van der Waals surface area contributed by atoms with Crippen molar-refractivity contribution in [2.45, 2.75) is 46.5 Å². The molecule has 2 heteroatoms. The van der Waals surface area contributed by atoms with E-state index in [1.807, 2.05) is 32.4 Å². The van der Waals surface area contributed by atoms with Crippen LogP contribution in [0.4, 0.5) is 0 Å². The van der Waals surface area contributed by atoms with E-state index in [9.17, 15) is 0 Å². The molecular formula is C22H27N2+. The number of fused-ring (bicyclic) bond motifs is 1. The highest BCUT2D eigenvalue weighted by atomic mass is 14.9. The van der Waals surface area contributed by atoms with Crippen LogP contribution in [0.5, 0.6) is 0 Å². The van der Waals surface area contributed by atoms with Crippen LogP contribution in [0.25, 0.3) is 22.0 Å². The Hall–Kier alpha value is -2.22. The number of hydrogen-bond acceptors (Lipinski definition) is 1. The lowest BCUT2D eigenvalue weighted by Crippen LogP contribution is -2.35. The van der Waals surface area contributed by atoms with Crippen LogP contribution in [-0.4, -0.2) is 4.98 Å². The largest absolute Gasteiger partial charge is 0.264 e. The zero-order chi connectivity index (χ0) is 18.1. The number of hydrogen-bond donors (Lipinski definition) is 0. The first-order valence-electron chi connectivity index (χ1n) is 9.33. The van der Waals surface area contributed by atoms with Gasteiger partial charge in [0.05, 0.1) is 12.3 Å². The normalized spacial score (nSPS) is 12.0. The monoisotopic (exact) mass is 320 g/mol. The second-order valence-electron chi connectivity index (χ2n) is 6.63. The van der Waals surface area contributed by atoms with Crippen molar-refractivity contribution >= 4 is 10.8 Å². The van der Waals surface area contributed by atoms with E-state index in [2.05, 4.69) is 48.5 Å². The number of nitrogens with zero attached hydrogens (tertiary/aromatic N) is 2. The third-order valence-electron chi connectivity index (χ3n) is 5.20. The maximum absolute atomic E-state index is 8.66. The molecule has 0 saturated heterocycles. The third kappa shape index (κ3) is 2.82. The number of aromatic nitrogens is 2. The molecule has 0 N–H and O–H groups in total. The summed E-state index contributed by atoms with van der Waals surface area (Å²) in [5, 5.41) is 2.17. The molecule has 0 spiro atoms. The van der Waals surface area contributed by atoms with Gasteiger partial charge in [-0.15, -0.1) is 0 Å². The standard InChI is InChI=1S/C22H27N2/c1-6-17(7-2)18-8-9-20-19(13-18)12-16(4)24(5)22(20)21-14-23-11-10-15(21)3/h8-14,17H,6-7H2,1-5H3/q+1/i12D. The Balaban J connectivity index is 2.37. The molecule has 0 aliphatic heterocycles. The van der Waals surface area contributed by atoms with Crippen molar-refractivity contribution in [3.8, 4) is 11.3 Å². The molecule has 3 rings (SSSR count). The first kappa shape index (κ1) is 15.3. The molecule has 124 valence electrons. The van der Waals surface area contributed by atoms with E-state index >= 15 is 0 Å². The van der Waals surface area contributed by atoms with Gasteiger partial charge < -0.3 is 0 Å². The van der Waals surface area contributed by atoms with Gasteiger partial charge in [-0.1, -0.05) is 26.0 Å². The van der Waals surface area contributed by atoms with Crippen molar-refractivity contribution < 1.29 is 5.94 Å². The van der Waals surface area contributed by atoms with E-state index in [0.29, 0.717) is 12.0 Å². The predicted molar refractivity (Wildman–Crippen MR) is 101 cm³/mol. The molecule has 0 aliphatic rings. The SMILES string of the molecule is [2H]c1c(C)[n+](C)c(-c2cnccc2C)c2ccc(C(CC)CC)cc12. The molecule has 0 bridgehead atoms. The van der Waals surface area contributed by atoms with E-state index in [1.54, 1.807) is 0 Å². The molecule has 0 atom stereocenters. The molecule has 2 aromatic heterocycles. The van der Waals surface area contributed by atoms with Crippen LogP contribution >= 0.6 is 0 Å². The summed E-state index contributed by atoms with van der Waals surface area (Å²) in [6, 6.07) is 9.34. The van der Waals surface area contributed by atoms with Crippen molar-refractivity contribution in [2.75, 3.05) is 0 Å². The predicted octanol–water partition coefficient (Wildman–Crippen LogP) is 5.25. The van der Waals surface area contributed by atoms with E-state index in [4.69, 9.17) is 1.37 Å². The smallest absolute Gasteiger partial charge is 0.222 e. The van der Waals surface area contributed by atoms with Crippen LogP contribution in [0.1, 0.15) is 50.8 Å². The third-order valence-corrected chi connectivity index (χ3v) is 5.20. The van der Waals surface area contributed by atoms with E-state index < -0.39 is 0 Å². The first-order chi connectivity index (χ1) is 12.0. The lowest BCUT2D eigenvalue weighted by atomic mass is 9.91. The molecule has 24 heavy (non-hydrogen) atoms. The minimum atomic E-state index is 0.557. The lowest BCUT2D eigenvalue weighted by molar-refractivity contribution is -0.665. The molecule has 0 fully saturated rings. The van der Waals surface area contributed by atoms with Gasteiger partial charge in [0.2, 0.25) is 5.69 Å². The van der Waals surface area contributed by atoms with Crippen LogP contribution in [0.15, 0.2) is 42.7 Å². The number of benzene rings is 1. The summed E-state index contributed by atoms with van der Waals surface area (Å²) in [6.07, 6.45) is 6.02. The second-order valence-corrected chi connectivity index (χ2v) is 6.63. The van der Waals surface area contributed by atoms with Gasteiger partial charge in [0, 0.05) is 25.4 Å². The molecule has 0 amide bonds. The molecular weight excluding hydrogens is 292 g/mol. The summed E-state index contributed by atoms with van der Waals surface area (Å²) in [7, 11) is 2.05. The maximum Gasteiger partial charge on any atom is 0.222 e. The molecule has 0 radical (unpaired) electrons. The Morgan fingerprint density at radius 2 is 1.92 bits per heavy atom. The lowest BCUT2D eigenvalue weighted by Gasteiger charge is -2.15. The van der Waals surface area contributed by atoms with Crippen molar-refractivity contribution in [2.24, 2.45) is 7.05 Å². The Bertz CT molecular complexity index is 927. The zero-order valence-corrected chi connectivity index (χ0v) is 15.4. The molecule has 1 aromatic carbocycles. The van der Waals surface area contributed by atoms with Crippen LogP contribution < -0.4 is 4.57 Å². The summed E-state index contributed by atoms with van der Waals surface area (Å²) < 4.78 is 10.8. The van der Waals surface area contributed by atoms with E-state index in [-0.39, 0.29) is 0 Å². The van der Waals surface area contributed by atoms with Gasteiger partial charge in [-0.3, -0.25) is 4.98 Å². The van der Waals surface area contributed by atoms with Gasteiger partial charge in [0.1, 0.15) is 7.05 Å². The number of aryl methyl sites for hydroxylation is 1. The molecule has 0 unspecified atom stereocenters. The first-order valence-corrected chi connectivity index (χ1v) is 8.83. The summed E-state index contributed by atoms with van der Waals surface area (Å²) >= 11 is 0. The van der Waals surface area contributed by atoms with Gasteiger partial charge in [-0.25, -0.2) is 0 Å². The van der Waals surface area contributed by atoms with Crippen molar-refractivity contribution in [3.05, 3.63) is 59.5 Å². The highest BCUT2D eigenvalue weighted by Crippen LogP contribution is 2.31. The topological polar surface area (TPSA) is 16.8 Å². The average molecular weight is 320 g/mol. The van der Waals surface area contributed by atoms with Crippen LogP contribution in [-0.2, 0) is 7.05 Å². The van der Waals surface area contributed by atoms with Gasteiger partial charge in [-0.05, 0) is 54.3 Å². The van der Waals surface area contributed by atoms with Crippen molar-refractivity contribution in [1.82, 2.24) is 4.98 Å². The van der Waals surface area contributed by atoms with Gasteiger partial charge in [0.25, 0.3) is 0 Å². The Kier molecular flexibility index (Phi) is 4.29. The quantitative estimate of drug-likeness (QED) is 0.600. The Morgan fingerprint density at radius 3 is 2.58 bits per heavy atom. The highest BCUT2D eigenvalue weighted by Gasteiger charge is 2.20. The minimum Gasteiger partial charge on any atom is -0.264 e. The van der Waals surface area contributed by atoms with Crippen molar-refractivity contribution in [3.63, 3.8) is 0 Å². The van der Waals surface area contributed by atoms with Gasteiger partial charge in [-0.2, -0.15) is 4.57 Å². The highest BCUT2D eigenvalue weighted by molar-refractivity contribution is 5.94. The molecule has 3 aromatic rings. The van der Waals surface area contributed by atoms with Gasteiger partial charge >= 0.3 is 0 Å². The zero-order valence-electron chi connectivity index (χ0n) is 16.4. The average Bonchev–Trinajstić information content (AvgIpc) is 2.63. The van der Waals surface area contributed by atoms with Crippen molar-refractivity contribution in [1.29, 1.82) is 0 Å². The number of pyridine rings is 2. The number of rotatable bonds is 4. The molecule has 2 nitrogen and oxygen atoms in total. The molecule has 0 saturated carbocycles. The fraction of sp³-hybridized carbons (Fsp3) is 0.364. The van der Waals surface area contributed by atoms with Gasteiger partial charge in [0.15, 0.2) is 5.69 Å². The van der Waals surface area contributed by atoms with E-state index in [1.165, 1.54) is 11.1 Å². The summed E-state index contributed by atoms with van der Waals surface area (Å²) in [5.74, 6) is 0.557. The van der Waals surface area contributed by atoms with Crippen LogP contribution in [0, 0.1) is 13.8 Å². The Labute approximate surface area is 146 Å². The Morgan fingerprint density at radius 1 is 1.17 bits per heavy atom. The summed E-state index contributed by atoms with van der Waals surface area (Å²) in [5.41, 5.74) is 5.80. The molecule has 2 heterocycles. The summed E-state index contributed by atoms with van der Waals surface area (Å²) in [4.78, 5) is 4.33. The fourth-order valence-electron chi connectivity index (χ4n) is 3.55. The minimum absolute atomic E-state index is 0.557. The van der Waals surface area contributed by atoms with Crippen LogP contribution in [0.2, 0.25) is 0 Å². The van der Waals surface area contributed by atoms with Crippen LogP contribution in [0.3, 0.4) is 0 Å².